The van der Waals surface area contributed by atoms with Gasteiger partial charge in [-0.15, -0.1) is 0 Å². The molecule has 4 N–H and O–H groups in total. The highest BCUT2D eigenvalue weighted by atomic mass is 16.5. The molecule has 0 atom stereocenters. The minimum absolute atomic E-state index is 0.0753. The Hall–Kier alpha value is -2.44. The van der Waals surface area contributed by atoms with Crippen LogP contribution >= 0.6 is 0 Å². The van der Waals surface area contributed by atoms with Crippen LogP contribution in [0.2, 0.25) is 0 Å². The number of urea groups is 1. The summed E-state index contributed by atoms with van der Waals surface area (Å²) in [5.74, 6) is 1.42. The molecule has 7 nitrogen and oxygen atoms in total. The molecule has 0 heterocycles. The fraction of sp³-hybridized carbons (Fsp3) is 0.500. The summed E-state index contributed by atoms with van der Waals surface area (Å²) >= 11 is 0. The van der Waals surface area contributed by atoms with E-state index in [2.05, 4.69) is 15.6 Å². The molecule has 7 heteroatoms. The quantitative estimate of drug-likeness (QED) is 0.554. The highest BCUT2D eigenvalue weighted by Gasteiger charge is 2.16. The van der Waals surface area contributed by atoms with Crippen molar-refractivity contribution in [2.45, 2.75) is 34.6 Å². The van der Waals surface area contributed by atoms with Crippen LogP contribution < -0.4 is 25.8 Å². The van der Waals surface area contributed by atoms with E-state index in [1.807, 2.05) is 40.7 Å². The molecule has 0 aromatic heterocycles. The van der Waals surface area contributed by atoms with Crippen LogP contribution in [0, 0.1) is 13.8 Å². The third-order valence-corrected chi connectivity index (χ3v) is 3.16. The molecule has 128 valence electrons. The molecular formula is C16H26N4O3. The van der Waals surface area contributed by atoms with Crippen molar-refractivity contribution in [3.8, 4) is 11.5 Å². The van der Waals surface area contributed by atoms with E-state index < -0.39 is 6.03 Å². The van der Waals surface area contributed by atoms with Gasteiger partial charge in [-0.1, -0.05) is 0 Å². The third-order valence-electron chi connectivity index (χ3n) is 3.16. The number of ether oxygens (including phenoxy) is 2. The van der Waals surface area contributed by atoms with Crippen LogP contribution in [-0.4, -0.2) is 31.7 Å². The highest BCUT2D eigenvalue weighted by Crippen LogP contribution is 2.36. The first-order valence-electron chi connectivity index (χ1n) is 7.72. The molecule has 0 aliphatic rings. The second-order valence-corrected chi connectivity index (χ2v) is 4.80. The molecular weight excluding hydrogens is 296 g/mol. The number of carbonyl (C=O) groups is 1. The number of benzene rings is 1. The number of rotatable bonds is 6. The van der Waals surface area contributed by atoms with E-state index in [9.17, 15) is 4.79 Å². The molecule has 23 heavy (non-hydrogen) atoms. The summed E-state index contributed by atoms with van der Waals surface area (Å²) in [7, 11) is 0. The van der Waals surface area contributed by atoms with Gasteiger partial charge in [-0.05, 0) is 34.6 Å². The highest BCUT2D eigenvalue weighted by molar-refractivity contribution is 6.02. The summed E-state index contributed by atoms with van der Waals surface area (Å²) in [5, 5.41) is 5.28. The Morgan fingerprint density at radius 2 is 1.65 bits per heavy atom. The monoisotopic (exact) mass is 322 g/mol. The Morgan fingerprint density at radius 1 is 1.13 bits per heavy atom. The molecule has 0 aliphatic carbocycles. The van der Waals surface area contributed by atoms with E-state index in [1.165, 1.54) is 0 Å². The summed E-state index contributed by atoms with van der Waals surface area (Å²) in [6, 6.07) is 1.38. The molecule has 1 rings (SSSR count). The molecule has 2 amide bonds. The second-order valence-electron chi connectivity index (χ2n) is 4.80. The normalized spacial score (nSPS) is 11.1. The summed E-state index contributed by atoms with van der Waals surface area (Å²) in [6.45, 7) is 11.0. The van der Waals surface area contributed by atoms with E-state index in [4.69, 9.17) is 15.2 Å². The first-order chi connectivity index (χ1) is 10.9. The standard InChI is InChI=1S/C16H26N4O3/c1-6-18-15(17)20-16(21)19-14-10(4)12(22-7-2)9-13(11(14)5)23-8-3/h9H,6-8H2,1-5H3,(H4,17,18,19,20,21). The molecule has 0 radical (unpaired) electrons. The van der Waals surface area contributed by atoms with Crippen molar-refractivity contribution >= 4 is 17.7 Å². The Balaban J connectivity index is 3.12. The molecule has 0 saturated heterocycles. The average Bonchev–Trinajstić information content (AvgIpc) is 2.49. The van der Waals surface area contributed by atoms with Gasteiger partial charge in [-0.25, -0.2) is 4.79 Å². The number of nitrogens with one attached hydrogen (secondary N) is 2. The number of hydrogen-bond donors (Lipinski definition) is 3. The van der Waals surface area contributed by atoms with Crippen molar-refractivity contribution in [1.29, 1.82) is 0 Å². The molecule has 0 unspecified atom stereocenters. The number of nitrogens with two attached hydrogens (primary N) is 1. The van der Waals surface area contributed by atoms with Crippen LogP contribution in [0.5, 0.6) is 11.5 Å². The molecule has 0 saturated carbocycles. The van der Waals surface area contributed by atoms with Crippen molar-refractivity contribution in [2.75, 3.05) is 25.1 Å². The van der Waals surface area contributed by atoms with Crippen molar-refractivity contribution in [3.05, 3.63) is 17.2 Å². The van der Waals surface area contributed by atoms with Crippen LogP contribution in [-0.2, 0) is 0 Å². The molecule has 0 bridgehead atoms. The molecule has 0 spiro atoms. The molecule has 1 aromatic carbocycles. The van der Waals surface area contributed by atoms with Crippen LogP contribution in [0.1, 0.15) is 31.9 Å². The van der Waals surface area contributed by atoms with E-state index in [-0.39, 0.29) is 5.96 Å². The van der Waals surface area contributed by atoms with Gasteiger partial charge in [0.2, 0.25) is 0 Å². The van der Waals surface area contributed by atoms with Gasteiger partial charge >= 0.3 is 6.03 Å². The lowest BCUT2D eigenvalue weighted by atomic mass is 10.1. The van der Waals surface area contributed by atoms with Gasteiger partial charge in [-0.3, -0.25) is 10.3 Å². The zero-order valence-corrected chi connectivity index (χ0v) is 14.4. The van der Waals surface area contributed by atoms with Crippen molar-refractivity contribution in [2.24, 2.45) is 10.7 Å². The van der Waals surface area contributed by atoms with Crippen LogP contribution in [0.25, 0.3) is 0 Å². The Labute approximate surface area is 137 Å². The molecule has 0 aliphatic heterocycles. The number of carbonyl (C=O) groups excluding carboxylic acids is 1. The number of nitrogens with zero attached hydrogens (tertiary/aromatic N) is 1. The van der Waals surface area contributed by atoms with Crippen molar-refractivity contribution in [3.63, 3.8) is 0 Å². The summed E-state index contributed by atoms with van der Waals surface area (Å²) < 4.78 is 11.2. The number of amides is 2. The number of guanidine groups is 1. The lowest BCUT2D eigenvalue weighted by Crippen LogP contribution is -2.40. The Morgan fingerprint density at radius 3 is 2.09 bits per heavy atom. The van der Waals surface area contributed by atoms with Crippen LogP contribution in [0.3, 0.4) is 0 Å². The number of hydrogen-bond acceptors (Lipinski definition) is 4. The van der Waals surface area contributed by atoms with Gasteiger partial charge in [-0.2, -0.15) is 0 Å². The van der Waals surface area contributed by atoms with Gasteiger partial charge in [0.05, 0.1) is 18.9 Å². The van der Waals surface area contributed by atoms with E-state index >= 15 is 0 Å². The van der Waals surface area contributed by atoms with E-state index in [1.54, 1.807) is 0 Å². The Kier molecular flexibility index (Phi) is 7.18. The Bertz CT molecular complexity index is 555. The van der Waals surface area contributed by atoms with Gasteiger partial charge in [0.1, 0.15) is 11.5 Å². The lowest BCUT2D eigenvalue weighted by molar-refractivity contribution is 0.256. The lowest BCUT2D eigenvalue weighted by Gasteiger charge is -2.19. The smallest absolute Gasteiger partial charge is 0.326 e. The number of aliphatic imine (C=N–C) groups is 1. The van der Waals surface area contributed by atoms with E-state index in [0.717, 1.165) is 11.1 Å². The van der Waals surface area contributed by atoms with E-state index in [0.29, 0.717) is 36.9 Å². The minimum atomic E-state index is -0.456. The van der Waals surface area contributed by atoms with Gasteiger partial charge in [0, 0.05) is 23.7 Å². The predicted molar refractivity (Wildman–Crippen MR) is 92.6 cm³/mol. The first kappa shape index (κ1) is 18.6. The zero-order chi connectivity index (χ0) is 17.4. The number of anilines is 1. The maximum absolute atomic E-state index is 12.1. The summed E-state index contributed by atoms with van der Waals surface area (Å²) in [6.07, 6.45) is 0. The molecule has 1 aromatic rings. The minimum Gasteiger partial charge on any atom is -0.493 e. The van der Waals surface area contributed by atoms with Crippen LogP contribution in [0.4, 0.5) is 10.5 Å². The van der Waals surface area contributed by atoms with Gasteiger partial charge in [0.15, 0.2) is 5.96 Å². The van der Waals surface area contributed by atoms with Gasteiger partial charge < -0.3 is 20.5 Å². The molecule has 0 fully saturated rings. The van der Waals surface area contributed by atoms with Gasteiger partial charge in [0.25, 0.3) is 0 Å². The first-order valence-corrected chi connectivity index (χ1v) is 7.72. The predicted octanol–water partition coefficient (Wildman–Crippen LogP) is 2.56. The third kappa shape index (κ3) is 5.05. The average molecular weight is 322 g/mol. The van der Waals surface area contributed by atoms with Crippen molar-refractivity contribution in [1.82, 2.24) is 5.32 Å². The fourth-order valence-corrected chi connectivity index (χ4v) is 2.13. The maximum atomic E-state index is 12.1. The SMILES string of the molecule is CCN=C(N)NC(=O)Nc1c(C)c(OCC)cc(OCC)c1C. The zero-order valence-electron chi connectivity index (χ0n) is 14.4. The summed E-state index contributed by atoms with van der Waals surface area (Å²) in [4.78, 5) is 16.0. The van der Waals surface area contributed by atoms with Crippen LogP contribution in [0.15, 0.2) is 11.1 Å². The maximum Gasteiger partial charge on any atom is 0.326 e. The topological polar surface area (TPSA) is 98.0 Å². The fourth-order valence-electron chi connectivity index (χ4n) is 2.13. The van der Waals surface area contributed by atoms with Crippen molar-refractivity contribution < 1.29 is 14.3 Å². The largest absolute Gasteiger partial charge is 0.493 e. The second kappa shape index (κ2) is 8.87. The summed E-state index contributed by atoms with van der Waals surface area (Å²) in [5.41, 5.74) is 7.89.